The molecule has 10 heteroatoms. The number of carbonyl (C=O) groups excluding carboxylic acids is 1. The van der Waals surface area contributed by atoms with Crippen LogP contribution < -0.4 is 4.72 Å². The maximum Gasteiger partial charge on any atom is 0.249 e. The first-order valence-electron chi connectivity index (χ1n) is 10.3. The van der Waals surface area contributed by atoms with Crippen LogP contribution in [-0.4, -0.2) is 50.3 Å². The predicted molar refractivity (Wildman–Crippen MR) is 117 cm³/mol. The molecule has 1 N–H and O–H groups in total. The molecule has 3 rings (SSSR count). The molecule has 0 aliphatic carbocycles. The molecule has 1 aliphatic rings. The van der Waals surface area contributed by atoms with E-state index in [-0.39, 0.29) is 28.7 Å². The van der Waals surface area contributed by atoms with Crippen LogP contribution in [0.2, 0.25) is 0 Å². The van der Waals surface area contributed by atoms with Gasteiger partial charge in [-0.3, -0.25) is 4.79 Å². The Morgan fingerprint density at radius 1 is 1.18 bits per heavy atom. The second kappa shape index (κ2) is 9.64. The van der Waals surface area contributed by atoms with E-state index in [1.54, 1.807) is 6.92 Å². The number of hydrogen-bond donors (Lipinski definition) is 1. The van der Waals surface area contributed by atoms with Crippen molar-refractivity contribution in [1.82, 2.24) is 9.62 Å². The van der Waals surface area contributed by atoms with Crippen molar-refractivity contribution in [3.63, 3.8) is 0 Å². The van der Waals surface area contributed by atoms with Crippen molar-refractivity contribution in [3.8, 4) is 11.1 Å². The van der Waals surface area contributed by atoms with E-state index in [0.29, 0.717) is 6.42 Å². The van der Waals surface area contributed by atoms with Gasteiger partial charge in [-0.2, -0.15) is 0 Å². The summed E-state index contributed by atoms with van der Waals surface area (Å²) in [6, 6.07) is 4.34. The van der Waals surface area contributed by atoms with Gasteiger partial charge in [-0.05, 0) is 36.6 Å². The summed E-state index contributed by atoms with van der Waals surface area (Å²) in [4.78, 5) is 13.9. The zero-order valence-corrected chi connectivity index (χ0v) is 18.9. The summed E-state index contributed by atoms with van der Waals surface area (Å²) in [7, 11) is -3.85. The molecular weight excluding hydrogens is 460 g/mol. The lowest BCUT2D eigenvalue weighted by Crippen LogP contribution is -2.49. The third-order valence-electron chi connectivity index (χ3n) is 5.64. The fourth-order valence-electron chi connectivity index (χ4n) is 3.97. The molecule has 3 atom stereocenters. The summed E-state index contributed by atoms with van der Waals surface area (Å²) in [5, 5.41) is 0. The van der Waals surface area contributed by atoms with Crippen LogP contribution >= 0.6 is 0 Å². The quantitative estimate of drug-likeness (QED) is 0.481. The predicted octanol–water partition coefficient (Wildman–Crippen LogP) is 3.75. The molecule has 1 fully saturated rings. The van der Waals surface area contributed by atoms with Gasteiger partial charge in [0.05, 0.1) is 24.9 Å². The monoisotopic (exact) mass is 484 g/mol. The van der Waals surface area contributed by atoms with Crippen LogP contribution in [-0.2, 0) is 21.2 Å². The molecule has 0 radical (unpaired) electrons. The van der Waals surface area contributed by atoms with Crippen molar-refractivity contribution >= 4 is 15.9 Å². The van der Waals surface area contributed by atoms with Crippen LogP contribution in [0.1, 0.15) is 18.9 Å². The third-order valence-corrected chi connectivity index (χ3v) is 6.34. The number of hydrogen-bond acceptors (Lipinski definition) is 3. The summed E-state index contributed by atoms with van der Waals surface area (Å²) in [5.41, 5.74) is -0.302. The molecule has 1 heterocycles. The van der Waals surface area contributed by atoms with Gasteiger partial charge in [0.1, 0.15) is 23.6 Å². The Bertz CT molecular complexity index is 1190. The summed E-state index contributed by atoms with van der Waals surface area (Å²) in [6.45, 7) is 4.97. The molecule has 0 unspecified atom stereocenters. The van der Waals surface area contributed by atoms with Crippen LogP contribution in [0, 0.1) is 17.5 Å². The Kier molecular flexibility index (Phi) is 7.28. The first-order chi connectivity index (χ1) is 15.4. The lowest BCUT2D eigenvalue weighted by molar-refractivity contribution is -0.128. The molecule has 0 aromatic heterocycles. The van der Waals surface area contributed by atoms with Gasteiger partial charge in [0.2, 0.25) is 15.9 Å². The number of amides is 1. The number of alkyl halides is 1. The number of nitrogens with zero attached hydrogens (tertiary/aromatic N) is 1. The first-order valence-corrected chi connectivity index (χ1v) is 12.1. The van der Waals surface area contributed by atoms with Crippen LogP contribution in [0.25, 0.3) is 11.1 Å². The zero-order chi connectivity index (χ0) is 24.5. The second-order valence-electron chi connectivity index (χ2n) is 8.02. The maximum atomic E-state index is 15.4. The SMILES string of the molecule is C=C(CC)C(=O)N1C[C@H](F)[C@H](NS(C)(=O)=O)[C@@H]1Cc1cccc(-c2cc(F)ccc2F)c1F. The van der Waals surface area contributed by atoms with Gasteiger partial charge in [-0.1, -0.05) is 31.7 Å². The van der Waals surface area contributed by atoms with E-state index in [0.717, 1.165) is 29.4 Å². The van der Waals surface area contributed by atoms with Gasteiger partial charge in [0.15, 0.2) is 0 Å². The van der Waals surface area contributed by atoms with E-state index in [9.17, 15) is 26.4 Å². The van der Waals surface area contributed by atoms with Crippen LogP contribution in [0.5, 0.6) is 0 Å². The van der Waals surface area contributed by atoms with Gasteiger partial charge < -0.3 is 4.90 Å². The maximum absolute atomic E-state index is 15.4. The van der Waals surface area contributed by atoms with Gasteiger partial charge >= 0.3 is 0 Å². The largest absolute Gasteiger partial charge is 0.331 e. The lowest BCUT2D eigenvalue weighted by atomic mass is 9.95. The minimum atomic E-state index is -3.85. The van der Waals surface area contributed by atoms with Gasteiger partial charge in [0, 0.05) is 16.7 Å². The summed E-state index contributed by atoms with van der Waals surface area (Å²) in [6.07, 6.45) is -0.829. The third kappa shape index (κ3) is 5.44. The van der Waals surface area contributed by atoms with E-state index >= 15 is 4.39 Å². The van der Waals surface area contributed by atoms with Crippen LogP contribution in [0.15, 0.2) is 48.6 Å². The number of benzene rings is 2. The molecule has 0 spiro atoms. The molecule has 2 aromatic carbocycles. The molecule has 0 bridgehead atoms. The van der Waals surface area contributed by atoms with E-state index in [1.807, 2.05) is 0 Å². The highest BCUT2D eigenvalue weighted by Gasteiger charge is 2.46. The van der Waals surface area contributed by atoms with E-state index < -0.39 is 58.2 Å². The number of likely N-dealkylation sites (tertiary alicyclic amines) is 1. The van der Waals surface area contributed by atoms with Crippen LogP contribution in [0.3, 0.4) is 0 Å². The molecule has 1 amide bonds. The van der Waals surface area contributed by atoms with Crippen molar-refractivity contribution in [2.75, 3.05) is 12.8 Å². The molecule has 1 saturated heterocycles. The molecule has 0 saturated carbocycles. The van der Waals surface area contributed by atoms with Gasteiger partial charge in [-0.25, -0.2) is 30.7 Å². The Morgan fingerprint density at radius 2 is 1.88 bits per heavy atom. The van der Waals surface area contributed by atoms with E-state index in [4.69, 9.17) is 0 Å². The molecular formula is C23H24F4N2O3S. The molecule has 2 aromatic rings. The minimum absolute atomic E-state index is 0.00419. The standard InChI is InChI=1S/C23H24F4N2O3S/c1-4-13(2)23(30)29-12-19(26)22(28-33(3,31)32)20(29)10-14-6-5-7-16(21(14)27)17-11-15(24)8-9-18(17)25/h5-9,11,19-20,22,28H,2,4,10,12H2,1,3H3/t19-,20-,22-/m0/s1. The fraction of sp³-hybridized carbons (Fsp3) is 0.348. The normalized spacial score (nSPS) is 20.8. The zero-order valence-electron chi connectivity index (χ0n) is 18.1. The Balaban J connectivity index is 2.04. The Hall–Kier alpha value is -2.72. The fourth-order valence-corrected chi connectivity index (χ4v) is 4.77. The molecule has 33 heavy (non-hydrogen) atoms. The lowest BCUT2D eigenvalue weighted by Gasteiger charge is -2.29. The summed E-state index contributed by atoms with van der Waals surface area (Å²) in [5.74, 6) is -3.01. The van der Waals surface area contributed by atoms with Crippen molar-refractivity contribution in [2.24, 2.45) is 0 Å². The molecule has 1 aliphatic heterocycles. The number of nitrogens with one attached hydrogen (secondary N) is 1. The molecule has 5 nitrogen and oxygen atoms in total. The average molecular weight is 485 g/mol. The number of rotatable bonds is 7. The van der Waals surface area contributed by atoms with Gasteiger partial charge in [0.25, 0.3) is 0 Å². The summed E-state index contributed by atoms with van der Waals surface area (Å²) < 4.78 is 84.0. The highest BCUT2D eigenvalue weighted by atomic mass is 32.2. The topological polar surface area (TPSA) is 66.5 Å². The van der Waals surface area contributed by atoms with Gasteiger partial charge in [-0.15, -0.1) is 0 Å². The van der Waals surface area contributed by atoms with Crippen LogP contribution in [0.4, 0.5) is 17.6 Å². The van der Waals surface area contributed by atoms with Crippen molar-refractivity contribution < 1.29 is 30.8 Å². The molecule has 178 valence electrons. The summed E-state index contributed by atoms with van der Waals surface area (Å²) >= 11 is 0. The number of halogens is 4. The Morgan fingerprint density at radius 3 is 2.52 bits per heavy atom. The smallest absolute Gasteiger partial charge is 0.249 e. The number of carbonyl (C=O) groups is 1. The second-order valence-corrected chi connectivity index (χ2v) is 9.80. The van der Waals surface area contributed by atoms with Crippen molar-refractivity contribution in [3.05, 3.63) is 71.6 Å². The number of sulfonamides is 1. The first kappa shape index (κ1) is 24.9. The van der Waals surface area contributed by atoms with E-state index in [2.05, 4.69) is 11.3 Å². The van der Waals surface area contributed by atoms with Crippen molar-refractivity contribution in [1.29, 1.82) is 0 Å². The highest BCUT2D eigenvalue weighted by molar-refractivity contribution is 7.88. The minimum Gasteiger partial charge on any atom is -0.331 e. The Labute approximate surface area is 190 Å². The average Bonchev–Trinajstić information content (AvgIpc) is 3.04. The van der Waals surface area contributed by atoms with Crippen molar-refractivity contribution in [2.45, 2.75) is 38.0 Å². The highest BCUT2D eigenvalue weighted by Crippen LogP contribution is 2.32. The van der Waals surface area contributed by atoms with E-state index in [1.165, 1.54) is 18.2 Å².